The maximum atomic E-state index is 13.2. The molecule has 24 heavy (non-hydrogen) atoms. The van der Waals surface area contributed by atoms with Crippen molar-refractivity contribution in [3.8, 4) is 0 Å². The number of nitrogens with one attached hydrogen (secondary N) is 2. The maximum absolute atomic E-state index is 13.2. The van der Waals surface area contributed by atoms with Gasteiger partial charge in [0, 0.05) is 38.8 Å². The number of morpholine rings is 1. The summed E-state index contributed by atoms with van der Waals surface area (Å²) < 4.78 is 18.6. The molecule has 0 amide bonds. The second-order valence-electron chi connectivity index (χ2n) is 6.64. The van der Waals surface area contributed by atoms with E-state index in [9.17, 15) is 4.39 Å². The number of ether oxygens (including phenoxy) is 1. The Balaban J connectivity index is 1.75. The molecular weight excluding hydrogens is 307 g/mol. The average molecular weight is 336 g/mol. The van der Waals surface area contributed by atoms with Crippen molar-refractivity contribution >= 4 is 5.96 Å². The van der Waals surface area contributed by atoms with Crippen molar-refractivity contribution in [3.63, 3.8) is 0 Å². The van der Waals surface area contributed by atoms with Crippen LogP contribution in [-0.2, 0) is 11.2 Å². The first-order chi connectivity index (χ1) is 11.5. The van der Waals surface area contributed by atoms with Crippen LogP contribution in [-0.4, -0.2) is 62.8 Å². The van der Waals surface area contributed by atoms with Gasteiger partial charge in [0.15, 0.2) is 5.96 Å². The van der Waals surface area contributed by atoms with E-state index in [2.05, 4.69) is 34.4 Å². The van der Waals surface area contributed by atoms with Gasteiger partial charge in [-0.2, -0.15) is 0 Å². The van der Waals surface area contributed by atoms with E-state index in [1.807, 2.05) is 6.07 Å². The molecule has 1 aliphatic heterocycles. The van der Waals surface area contributed by atoms with Gasteiger partial charge in [-0.05, 0) is 38.0 Å². The van der Waals surface area contributed by atoms with Gasteiger partial charge in [-0.1, -0.05) is 12.1 Å². The van der Waals surface area contributed by atoms with E-state index in [-0.39, 0.29) is 11.4 Å². The van der Waals surface area contributed by atoms with E-state index in [1.54, 1.807) is 19.2 Å². The van der Waals surface area contributed by atoms with Gasteiger partial charge in [-0.15, -0.1) is 0 Å². The molecule has 0 aromatic heterocycles. The van der Waals surface area contributed by atoms with Crippen molar-refractivity contribution in [2.24, 2.45) is 4.99 Å². The number of halogens is 1. The zero-order chi connectivity index (χ0) is 17.4. The van der Waals surface area contributed by atoms with Crippen molar-refractivity contribution < 1.29 is 9.13 Å². The van der Waals surface area contributed by atoms with Crippen LogP contribution in [0.25, 0.3) is 0 Å². The maximum Gasteiger partial charge on any atom is 0.191 e. The van der Waals surface area contributed by atoms with E-state index in [0.29, 0.717) is 6.54 Å². The van der Waals surface area contributed by atoms with Crippen LogP contribution in [0.2, 0.25) is 0 Å². The Morgan fingerprint density at radius 1 is 1.29 bits per heavy atom. The molecule has 2 N–H and O–H groups in total. The van der Waals surface area contributed by atoms with Crippen LogP contribution in [0, 0.1) is 5.82 Å². The standard InChI is InChI=1S/C18H29FN4O/c1-18(2,23-9-11-24-12-10-23)14-22-17(20-3)21-8-7-15-5-4-6-16(19)13-15/h4-6,13H,7-12,14H2,1-3H3,(H2,20,21,22). The summed E-state index contributed by atoms with van der Waals surface area (Å²) in [6.07, 6.45) is 0.755. The molecule has 1 fully saturated rings. The Kier molecular flexibility index (Phi) is 6.99. The monoisotopic (exact) mass is 336 g/mol. The van der Waals surface area contributed by atoms with E-state index >= 15 is 0 Å². The third kappa shape index (κ3) is 5.76. The van der Waals surface area contributed by atoms with Crippen molar-refractivity contribution in [1.82, 2.24) is 15.5 Å². The molecule has 1 aromatic rings. The molecule has 1 saturated heterocycles. The molecule has 0 saturated carbocycles. The molecule has 0 aliphatic carbocycles. The van der Waals surface area contributed by atoms with Crippen molar-refractivity contribution in [2.45, 2.75) is 25.8 Å². The molecule has 1 aromatic carbocycles. The molecule has 2 rings (SSSR count). The summed E-state index contributed by atoms with van der Waals surface area (Å²) in [7, 11) is 1.76. The predicted octanol–water partition coefficient (Wildman–Crippen LogP) is 1.64. The molecule has 0 unspecified atom stereocenters. The predicted molar refractivity (Wildman–Crippen MR) is 95.9 cm³/mol. The molecule has 134 valence electrons. The van der Waals surface area contributed by atoms with Crippen LogP contribution in [0.1, 0.15) is 19.4 Å². The SMILES string of the molecule is CN=C(NCCc1cccc(F)c1)NCC(C)(C)N1CCOCC1. The third-order valence-corrected chi connectivity index (χ3v) is 4.37. The van der Waals surface area contributed by atoms with Crippen LogP contribution < -0.4 is 10.6 Å². The zero-order valence-electron chi connectivity index (χ0n) is 14.9. The lowest BCUT2D eigenvalue weighted by Gasteiger charge is -2.41. The first kappa shape index (κ1) is 18.7. The van der Waals surface area contributed by atoms with Gasteiger partial charge >= 0.3 is 0 Å². The van der Waals surface area contributed by atoms with Crippen LogP contribution in [0.5, 0.6) is 0 Å². The van der Waals surface area contributed by atoms with Gasteiger partial charge < -0.3 is 15.4 Å². The fraction of sp³-hybridized carbons (Fsp3) is 0.611. The number of benzene rings is 1. The van der Waals surface area contributed by atoms with E-state index in [4.69, 9.17) is 4.74 Å². The van der Waals surface area contributed by atoms with E-state index in [1.165, 1.54) is 6.07 Å². The minimum Gasteiger partial charge on any atom is -0.379 e. The molecule has 0 atom stereocenters. The van der Waals surface area contributed by atoms with Gasteiger partial charge in [0.25, 0.3) is 0 Å². The number of hydrogen-bond donors (Lipinski definition) is 2. The number of guanidine groups is 1. The Morgan fingerprint density at radius 2 is 2.04 bits per heavy atom. The normalized spacial score (nSPS) is 16.9. The first-order valence-corrected chi connectivity index (χ1v) is 8.53. The first-order valence-electron chi connectivity index (χ1n) is 8.53. The van der Waals surface area contributed by atoms with Crippen molar-refractivity contribution in [1.29, 1.82) is 0 Å². The van der Waals surface area contributed by atoms with Crippen LogP contribution in [0.3, 0.4) is 0 Å². The lowest BCUT2D eigenvalue weighted by atomic mass is 10.0. The molecule has 5 nitrogen and oxygen atoms in total. The van der Waals surface area contributed by atoms with E-state index in [0.717, 1.165) is 50.8 Å². The second-order valence-corrected chi connectivity index (χ2v) is 6.64. The van der Waals surface area contributed by atoms with Gasteiger partial charge in [-0.3, -0.25) is 9.89 Å². The summed E-state index contributed by atoms with van der Waals surface area (Å²) in [5.74, 6) is 0.579. The Labute approximate surface area is 144 Å². The lowest BCUT2D eigenvalue weighted by Crippen LogP contribution is -2.56. The summed E-state index contributed by atoms with van der Waals surface area (Å²) >= 11 is 0. The van der Waals surface area contributed by atoms with Gasteiger partial charge in [-0.25, -0.2) is 4.39 Å². The summed E-state index contributed by atoms with van der Waals surface area (Å²) in [6, 6.07) is 6.70. The highest BCUT2D eigenvalue weighted by molar-refractivity contribution is 5.79. The van der Waals surface area contributed by atoms with Gasteiger partial charge in [0.2, 0.25) is 0 Å². The lowest BCUT2D eigenvalue weighted by molar-refractivity contribution is -0.00833. The number of aliphatic imine (C=N–C) groups is 1. The van der Waals surface area contributed by atoms with Gasteiger partial charge in [0.05, 0.1) is 13.2 Å². The molecular formula is C18H29FN4O. The average Bonchev–Trinajstić information content (AvgIpc) is 2.59. The molecule has 0 spiro atoms. The summed E-state index contributed by atoms with van der Waals surface area (Å²) in [5.41, 5.74) is 1.01. The minimum atomic E-state index is -0.192. The Hall–Kier alpha value is -1.66. The topological polar surface area (TPSA) is 48.9 Å². The minimum absolute atomic E-state index is 0.0317. The molecule has 6 heteroatoms. The molecule has 1 heterocycles. The molecule has 1 aliphatic rings. The van der Waals surface area contributed by atoms with Crippen LogP contribution >= 0.6 is 0 Å². The number of hydrogen-bond acceptors (Lipinski definition) is 3. The van der Waals surface area contributed by atoms with Crippen LogP contribution in [0.15, 0.2) is 29.3 Å². The van der Waals surface area contributed by atoms with Crippen LogP contribution in [0.4, 0.5) is 4.39 Å². The van der Waals surface area contributed by atoms with Crippen molar-refractivity contribution in [3.05, 3.63) is 35.6 Å². The highest BCUT2D eigenvalue weighted by Gasteiger charge is 2.28. The van der Waals surface area contributed by atoms with Gasteiger partial charge in [0.1, 0.15) is 5.82 Å². The summed E-state index contributed by atoms with van der Waals surface area (Å²) in [5, 5.41) is 6.67. The zero-order valence-corrected chi connectivity index (χ0v) is 14.9. The highest BCUT2D eigenvalue weighted by Crippen LogP contribution is 2.14. The smallest absolute Gasteiger partial charge is 0.191 e. The quantitative estimate of drug-likeness (QED) is 0.613. The summed E-state index contributed by atoms with van der Waals surface area (Å²) in [6.45, 7) is 9.47. The fourth-order valence-electron chi connectivity index (χ4n) is 2.82. The highest BCUT2D eigenvalue weighted by atomic mass is 19.1. The molecule has 0 bridgehead atoms. The molecule has 0 radical (unpaired) electrons. The number of nitrogens with zero attached hydrogens (tertiary/aromatic N) is 2. The Bertz CT molecular complexity index is 542. The fourth-order valence-corrected chi connectivity index (χ4v) is 2.82. The Morgan fingerprint density at radius 3 is 2.71 bits per heavy atom. The largest absolute Gasteiger partial charge is 0.379 e. The van der Waals surface area contributed by atoms with Crippen molar-refractivity contribution in [2.75, 3.05) is 46.4 Å². The van der Waals surface area contributed by atoms with E-state index < -0.39 is 0 Å². The third-order valence-electron chi connectivity index (χ3n) is 4.37. The summed E-state index contributed by atoms with van der Waals surface area (Å²) in [4.78, 5) is 6.70. The second kappa shape index (κ2) is 8.99. The number of rotatable bonds is 6.